The topological polar surface area (TPSA) is 112 Å². The lowest BCUT2D eigenvalue weighted by atomic mass is 10.2. The van der Waals surface area contributed by atoms with E-state index in [1.807, 2.05) is 0 Å². The molecule has 1 aromatic carbocycles. The number of nitrogens with zero attached hydrogens (tertiary/aromatic N) is 2. The number of hydrogen-bond donors (Lipinski definition) is 2. The van der Waals surface area contributed by atoms with E-state index >= 15 is 0 Å². The molecule has 3 aromatic rings. The van der Waals surface area contributed by atoms with Gasteiger partial charge in [0.15, 0.2) is 23.0 Å². The molecule has 1 atom stereocenters. The van der Waals surface area contributed by atoms with E-state index in [2.05, 4.69) is 15.3 Å². The summed E-state index contributed by atoms with van der Waals surface area (Å²) in [5, 5.41) is 3.06. The number of benzene rings is 1. The first-order valence-electron chi connectivity index (χ1n) is 10.0. The molecule has 0 bridgehead atoms. The van der Waals surface area contributed by atoms with Crippen LogP contribution in [-0.4, -0.2) is 29.6 Å². The first kappa shape index (κ1) is 28.0. The Morgan fingerprint density at radius 2 is 1.91 bits per heavy atom. The molecule has 2 aromatic heterocycles. The van der Waals surface area contributed by atoms with Crippen molar-refractivity contribution >= 4 is 59.6 Å². The maximum atomic E-state index is 13.0. The summed E-state index contributed by atoms with van der Waals surface area (Å²) in [4.78, 5) is 21.2. The molecule has 1 amide bonds. The number of carbonyl (C=O) groups is 1. The van der Waals surface area contributed by atoms with E-state index in [1.54, 1.807) is 32.2 Å². The maximum Gasteiger partial charge on any atom is 0.278 e. The fraction of sp³-hybridized carbons (Fsp3) is 0.318. The zero-order valence-corrected chi connectivity index (χ0v) is 21.5. The summed E-state index contributed by atoms with van der Waals surface area (Å²) in [6.45, 7) is 2.32. The fourth-order valence-electron chi connectivity index (χ4n) is 3.04. The van der Waals surface area contributed by atoms with Gasteiger partial charge in [0.1, 0.15) is 0 Å². The summed E-state index contributed by atoms with van der Waals surface area (Å²) in [6.07, 6.45) is 5.10. The average Bonchev–Trinajstić information content (AvgIpc) is 3.49. The second-order valence-electron chi connectivity index (χ2n) is 7.57. The molecule has 0 unspecified atom stereocenters. The molecule has 1 fully saturated rings. The van der Waals surface area contributed by atoms with Crippen LogP contribution in [0.25, 0.3) is 11.5 Å². The Morgan fingerprint density at radius 1 is 1.24 bits per heavy atom. The van der Waals surface area contributed by atoms with Crippen molar-refractivity contribution in [3.63, 3.8) is 0 Å². The van der Waals surface area contributed by atoms with E-state index < -0.39 is 11.9 Å². The average molecular weight is 550 g/mol. The third kappa shape index (κ3) is 6.25. The van der Waals surface area contributed by atoms with Gasteiger partial charge in [0.2, 0.25) is 5.89 Å². The normalized spacial score (nSPS) is 13.3. The van der Waals surface area contributed by atoms with Gasteiger partial charge in [0, 0.05) is 18.0 Å². The number of carbonyl (C=O) groups excluding carboxylic acids is 1. The van der Waals surface area contributed by atoms with E-state index in [4.69, 9.17) is 42.8 Å². The van der Waals surface area contributed by atoms with Gasteiger partial charge in [0.05, 0.1) is 35.5 Å². The molecule has 4 rings (SSSR count). The van der Waals surface area contributed by atoms with Gasteiger partial charge in [-0.3, -0.25) is 9.78 Å². The molecule has 0 radical (unpaired) electrons. The number of pyridine rings is 1. The number of nitrogens with two attached hydrogens (primary N) is 1. The standard InChI is InChI=1S/C22H22Cl2N4O4.2ClH/c1-11(25)20-19(21(29)27-18-14(23)8-26-9-15(18)24)28-22(32-20)13-5-6-16(30-2)17(7-13)31-10-12-3-4-12;;/h5-9,11-12H,3-4,10,25H2,1-2H3,(H,26,27,29);2*1H/t11-;;/m0../s1. The highest BCUT2D eigenvalue weighted by Crippen LogP contribution is 2.36. The number of aromatic nitrogens is 2. The van der Waals surface area contributed by atoms with Crippen molar-refractivity contribution in [3.05, 3.63) is 52.1 Å². The minimum atomic E-state index is -0.579. The van der Waals surface area contributed by atoms with Gasteiger partial charge < -0.3 is 24.9 Å². The summed E-state index contributed by atoms with van der Waals surface area (Å²) in [5.74, 6) is 1.67. The van der Waals surface area contributed by atoms with E-state index in [-0.39, 0.29) is 57.9 Å². The number of rotatable bonds is 8. The Labute approximate surface area is 219 Å². The van der Waals surface area contributed by atoms with E-state index in [0.717, 1.165) is 0 Å². The Kier molecular flexibility index (Phi) is 9.84. The zero-order valence-electron chi connectivity index (χ0n) is 18.3. The highest BCUT2D eigenvalue weighted by Gasteiger charge is 2.26. The van der Waals surface area contributed by atoms with Crippen LogP contribution in [-0.2, 0) is 0 Å². The van der Waals surface area contributed by atoms with Gasteiger partial charge in [-0.15, -0.1) is 24.8 Å². The predicted molar refractivity (Wildman–Crippen MR) is 136 cm³/mol. The fourth-order valence-corrected chi connectivity index (χ4v) is 3.50. The molecule has 0 spiro atoms. The minimum Gasteiger partial charge on any atom is -0.493 e. The molecule has 12 heteroatoms. The van der Waals surface area contributed by atoms with E-state index in [9.17, 15) is 4.79 Å². The quantitative estimate of drug-likeness (QED) is 0.356. The molecule has 2 heterocycles. The number of ether oxygens (including phenoxy) is 2. The summed E-state index contributed by atoms with van der Waals surface area (Å²) in [7, 11) is 1.58. The van der Waals surface area contributed by atoms with Crippen LogP contribution in [0.1, 0.15) is 42.1 Å². The first-order chi connectivity index (χ1) is 15.4. The lowest BCUT2D eigenvalue weighted by molar-refractivity contribution is 0.102. The molecule has 0 saturated heterocycles. The van der Waals surface area contributed by atoms with E-state index in [0.29, 0.717) is 29.6 Å². The van der Waals surface area contributed by atoms with Gasteiger partial charge in [-0.05, 0) is 43.9 Å². The highest BCUT2D eigenvalue weighted by atomic mass is 35.5. The molecule has 1 saturated carbocycles. The summed E-state index contributed by atoms with van der Waals surface area (Å²) in [5.41, 5.74) is 6.93. The highest BCUT2D eigenvalue weighted by molar-refractivity contribution is 6.39. The molecule has 8 nitrogen and oxygen atoms in total. The summed E-state index contributed by atoms with van der Waals surface area (Å²) >= 11 is 12.2. The van der Waals surface area contributed by atoms with Gasteiger partial charge in [0.25, 0.3) is 5.91 Å². The van der Waals surface area contributed by atoms with Crippen LogP contribution in [0.3, 0.4) is 0 Å². The number of hydrogen-bond acceptors (Lipinski definition) is 7. The summed E-state index contributed by atoms with van der Waals surface area (Å²) in [6, 6.07) is 4.74. The number of nitrogens with one attached hydrogen (secondary N) is 1. The Balaban J connectivity index is 0.00000204. The van der Waals surface area contributed by atoms with Crippen LogP contribution in [0.15, 0.2) is 35.0 Å². The van der Waals surface area contributed by atoms with Crippen molar-refractivity contribution < 1.29 is 18.7 Å². The second kappa shape index (κ2) is 12.0. The molecule has 34 heavy (non-hydrogen) atoms. The summed E-state index contributed by atoms with van der Waals surface area (Å²) < 4.78 is 17.2. The molecule has 0 aliphatic heterocycles. The Bertz CT molecular complexity index is 1130. The Hall–Kier alpha value is -2.23. The van der Waals surface area contributed by atoms with Crippen LogP contribution < -0.4 is 20.5 Å². The van der Waals surface area contributed by atoms with Crippen molar-refractivity contribution in [2.75, 3.05) is 19.0 Å². The van der Waals surface area contributed by atoms with Crippen LogP contribution in [0.5, 0.6) is 11.5 Å². The molecule has 1 aliphatic carbocycles. The van der Waals surface area contributed by atoms with E-state index in [1.165, 1.54) is 25.2 Å². The number of methoxy groups -OCH3 is 1. The van der Waals surface area contributed by atoms with Crippen LogP contribution >= 0.6 is 48.0 Å². The number of anilines is 1. The second-order valence-corrected chi connectivity index (χ2v) is 8.39. The number of oxazole rings is 1. The molecule has 3 N–H and O–H groups in total. The molecule has 1 aliphatic rings. The molecular weight excluding hydrogens is 526 g/mol. The third-order valence-electron chi connectivity index (χ3n) is 4.96. The van der Waals surface area contributed by atoms with Crippen LogP contribution in [0.2, 0.25) is 10.0 Å². The van der Waals surface area contributed by atoms with Crippen LogP contribution in [0.4, 0.5) is 5.69 Å². The molecular formula is C22H24Cl4N4O4. The van der Waals surface area contributed by atoms with Gasteiger partial charge in [-0.2, -0.15) is 0 Å². The minimum absolute atomic E-state index is 0. The number of halogens is 4. The first-order valence-corrected chi connectivity index (χ1v) is 10.8. The molecule has 184 valence electrons. The SMILES string of the molecule is COc1ccc(-c2nc(C(=O)Nc3c(Cl)cncc3Cl)c([C@H](C)N)o2)cc1OCC1CC1.Cl.Cl. The van der Waals surface area contributed by atoms with Gasteiger partial charge >= 0.3 is 0 Å². The predicted octanol–water partition coefficient (Wildman–Crippen LogP) is 5.96. The van der Waals surface area contributed by atoms with Crippen molar-refractivity contribution in [1.29, 1.82) is 0 Å². The van der Waals surface area contributed by atoms with Crippen molar-refractivity contribution in [2.45, 2.75) is 25.8 Å². The Morgan fingerprint density at radius 3 is 2.50 bits per heavy atom. The smallest absolute Gasteiger partial charge is 0.278 e. The lowest BCUT2D eigenvalue weighted by Crippen LogP contribution is -2.17. The lowest BCUT2D eigenvalue weighted by Gasteiger charge is -2.11. The monoisotopic (exact) mass is 548 g/mol. The number of amides is 1. The van der Waals surface area contributed by atoms with Crippen molar-refractivity contribution in [2.24, 2.45) is 11.7 Å². The zero-order chi connectivity index (χ0) is 22.8. The largest absolute Gasteiger partial charge is 0.493 e. The maximum absolute atomic E-state index is 13.0. The van der Waals surface area contributed by atoms with Crippen molar-refractivity contribution in [3.8, 4) is 23.0 Å². The third-order valence-corrected chi connectivity index (χ3v) is 5.53. The van der Waals surface area contributed by atoms with Crippen molar-refractivity contribution in [1.82, 2.24) is 9.97 Å². The van der Waals surface area contributed by atoms with Gasteiger partial charge in [-0.1, -0.05) is 23.2 Å². The van der Waals surface area contributed by atoms with Gasteiger partial charge in [-0.25, -0.2) is 4.98 Å². The van der Waals surface area contributed by atoms with Crippen LogP contribution in [0, 0.1) is 5.92 Å².